The van der Waals surface area contributed by atoms with Crippen molar-refractivity contribution in [1.82, 2.24) is 4.98 Å². The highest BCUT2D eigenvalue weighted by Crippen LogP contribution is 2.23. The van der Waals surface area contributed by atoms with Crippen molar-refractivity contribution in [2.45, 2.75) is 6.92 Å². The van der Waals surface area contributed by atoms with Gasteiger partial charge in [0.25, 0.3) is 5.91 Å². The zero-order valence-electron chi connectivity index (χ0n) is 14.6. The number of benzene rings is 1. The predicted octanol–water partition coefficient (Wildman–Crippen LogP) is 2.10. The second-order valence-electron chi connectivity index (χ2n) is 5.61. The first-order valence-corrected chi connectivity index (χ1v) is 8.97. The van der Waals surface area contributed by atoms with Gasteiger partial charge in [-0.15, -0.1) is 0 Å². The van der Waals surface area contributed by atoms with Crippen LogP contribution >= 0.6 is 27.5 Å². The number of aromatic nitrogens is 1. The van der Waals surface area contributed by atoms with Crippen LogP contribution < -0.4 is 16.4 Å². The summed E-state index contributed by atoms with van der Waals surface area (Å²) in [6.45, 7) is 1.64. The minimum Gasteiger partial charge on any atom is -0.366 e. The Morgan fingerprint density at radius 3 is 2.75 bits per heavy atom. The predicted molar refractivity (Wildman–Crippen MR) is 109 cm³/mol. The molecule has 2 aromatic rings. The van der Waals surface area contributed by atoms with E-state index in [1.165, 1.54) is 29.7 Å². The van der Waals surface area contributed by atoms with Crippen LogP contribution in [0.4, 0.5) is 11.5 Å². The zero-order chi connectivity index (χ0) is 20.8. The van der Waals surface area contributed by atoms with Crippen LogP contribution in [0.25, 0.3) is 0 Å². The SMILES string of the molecule is Cc1cc(C#N)cc(C(N)=O)c1NC(=O)/C(=C/C(=N)Br)[NH2+]c1ncccc1Cl. The lowest BCUT2D eigenvalue weighted by Crippen LogP contribution is -2.78. The standard InChI is InChI=1S/C18H14BrClN6O2/c1-9-5-10(8-21)6-11(16(23)27)15(9)26-18(28)13(7-14(19)22)25-17-12(20)3-2-4-24-17/h2-7,22H,1H3,(H2,23,27)(H,24,25)(H,26,28)/p+1/b13-7-,22-14?. The number of pyridine rings is 1. The van der Waals surface area contributed by atoms with E-state index < -0.39 is 11.8 Å². The Hall–Kier alpha value is -3.06. The third-order valence-electron chi connectivity index (χ3n) is 3.59. The maximum Gasteiger partial charge on any atom is 0.310 e. The number of amides is 2. The van der Waals surface area contributed by atoms with Crippen molar-refractivity contribution in [1.29, 1.82) is 10.7 Å². The van der Waals surface area contributed by atoms with Crippen molar-refractivity contribution in [3.63, 3.8) is 0 Å². The Labute approximate surface area is 174 Å². The van der Waals surface area contributed by atoms with Crippen LogP contribution in [0.1, 0.15) is 21.5 Å². The van der Waals surface area contributed by atoms with E-state index in [2.05, 4.69) is 26.2 Å². The molecular formula is C18H15BrClN6O2+. The van der Waals surface area contributed by atoms with Crippen molar-refractivity contribution in [3.05, 3.63) is 63.9 Å². The molecule has 1 heterocycles. The molecule has 0 saturated heterocycles. The summed E-state index contributed by atoms with van der Waals surface area (Å²) in [5.41, 5.74) is 6.39. The number of carbonyl (C=O) groups is 2. The van der Waals surface area contributed by atoms with Gasteiger partial charge in [-0.1, -0.05) is 11.6 Å². The molecule has 0 aliphatic rings. The smallest absolute Gasteiger partial charge is 0.310 e. The van der Waals surface area contributed by atoms with Gasteiger partial charge in [0.05, 0.1) is 22.9 Å². The monoisotopic (exact) mass is 461 g/mol. The molecule has 0 saturated carbocycles. The third kappa shape index (κ3) is 5.23. The Morgan fingerprint density at radius 1 is 1.46 bits per heavy atom. The molecule has 0 aliphatic carbocycles. The Morgan fingerprint density at radius 2 is 2.18 bits per heavy atom. The van der Waals surface area contributed by atoms with E-state index in [1.54, 1.807) is 19.1 Å². The summed E-state index contributed by atoms with van der Waals surface area (Å²) in [6, 6.07) is 8.03. The molecule has 1 aromatic carbocycles. The molecule has 0 aliphatic heterocycles. The Balaban J connectivity index is 2.42. The second-order valence-corrected chi connectivity index (χ2v) is 6.87. The Bertz CT molecular complexity index is 1040. The third-order valence-corrected chi connectivity index (χ3v) is 4.14. The number of allylic oxidation sites excluding steroid dienone is 1. The molecule has 0 unspecified atom stereocenters. The van der Waals surface area contributed by atoms with Crippen LogP contribution in [-0.2, 0) is 4.79 Å². The lowest BCUT2D eigenvalue weighted by Gasteiger charge is -2.13. The number of nitriles is 1. The molecule has 2 rings (SSSR count). The van der Waals surface area contributed by atoms with Gasteiger partial charge in [-0.2, -0.15) is 5.26 Å². The van der Waals surface area contributed by atoms with Gasteiger partial charge in [0.2, 0.25) is 11.5 Å². The summed E-state index contributed by atoms with van der Waals surface area (Å²) >= 11 is 9.06. The van der Waals surface area contributed by atoms with Crippen LogP contribution in [0.5, 0.6) is 0 Å². The van der Waals surface area contributed by atoms with Gasteiger partial charge >= 0.3 is 5.91 Å². The number of carbonyl (C=O) groups excluding carboxylic acids is 2. The summed E-state index contributed by atoms with van der Waals surface area (Å²) in [5.74, 6) is -1.06. The van der Waals surface area contributed by atoms with Crippen LogP contribution in [0.15, 0.2) is 42.2 Å². The van der Waals surface area contributed by atoms with Gasteiger partial charge < -0.3 is 11.1 Å². The van der Waals surface area contributed by atoms with Crippen molar-refractivity contribution < 1.29 is 14.9 Å². The van der Waals surface area contributed by atoms with Crippen LogP contribution in [0, 0.1) is 23.7 Å². The molecule has 1 aromatic heterocycles. The highest BCUT2D eigenvalue weighted by Gasteiger charge is 2.22. The first-order chi connectivity index (χ1) is 13.2. The van der Waals surface area contributed by atoms with Crippen molar-refractivity contribution >= 4 is 55.5 Å². The van der Waals surface area contributed by atoms with E-state index in [9.17, 15) is 9.59 Å². The molecule has 0 fully saturated rings. The van der Waals surface area contributed by atoms with E-state index in [4.69, 9.17) is 28.0 Å². The quantitative estimate of drug-likeness (QED) is 0.384. The van der Waals surface area contributed by atoms with E-state index >= 15 is 0 Å². The first kappa shape index (κ1) is 21.2. The number of quaternary nitrogens is 1. The average Bonchev–Trinajstić information content (AvgIpc) is 2.63. The number of aryl methyl sites for hydroxylation is 1. The van der Waals surface area contributed by atoms with Gasteiger partial charge in [0, 0.05) is 12.3 Å². The molecule has 6 N–H and O–H groups in total. The molecule has 0 radical (unpaired) electrons. The molecule has 28 heavy (non-hydrogen) atoms. The van der Waals surface area contributed by atoms with E-state index in [0.717, 1.165) is 0 Å². The second kappa shape index (κ2) is 9.23. The van der Waals surface area contributed by atoms with Crippen molar-refractivity contribution in [2.24, 2.45) is 5.73 Å². The number of nitrogens with two attached hydrogens (primary N) is 2. The summed E-state index contributed by atoms with van der Waals surface area (Å²) in [4.78, 5) is 28.7. The number of nitrogens with one attached hydrogen (secondary N) is 2. The number of primary amides is 1. The van der Waals surface area contributed by atoms with Gasteiger partial charge in [-0.25, -0.2) is 4.98 Å². The van der Waals surface area contributed by atoms with Crippen LogP contribution in [0.3, 0.4) is 0 Å². The molecule has 2 amide bonds. The lowest BCUT2D eigenvalue weighted by atomic mass is 10.0. The Kier molecular flexibility index (Phi) is 7.00. The number of rotatable bonds is 6. The van der Waals surface area contributed by atoms with Crippen molar-refractivity contribution in [2.75, 3.05) is 5.32 Å². The maximum absolute atomic E-state index is 12.8. The molecule has 10 heteroatoms. The van der Waals surface area contributed by atoms with Crippen LogP contribution in [-0.4, -0.2) is 21.4 Å². The molecule has 0 spiro atoms. The van der Waals surface area contributed by atoms with Gasteiger partial charge in [0.1, 0.15) is 9.64 Å². The topological polar surface area (TPSA) is 149 Å². The van der Waals surface area contributed by atoms with Gasteiger partial charge in [0.15, 0.2) is 0 Å². The fourth-order valence-electron chi connectivity index (χ4n) is 2.36. The molecule has 0 bridgehead atoms. The number of anilines is 1. The van der Waals surface area contributed by atoms with Gasteiger partial charge in [-0.3, -0.25) is 20.3 Å². The fraction of sp³-hybridized carbons (Fsp3) is 0.0556. The first-order valence-electron chi connectivity index (χ1n) is 7.80. The highest BCUT2D eigenvalue weighted by molar-refractivity contribution is 9.18. The number of hydrogen-bond donors (Lipinski definition) is 4. The molecular weight excluding hydrogens is 448 g/mol. The molecule has 0 atom stereocenters. The summed E-state index contributed by atoms with van der Waals surface area (Å²) in [7, 11) is 0. The average molecular weight is 463 g/mol. The molecule has 8 nitrogen and oxygen atoms in total. The van der Waals surface area contributed by atoms with Crippen molar-refractivity contribution in [3.8, 4) is 6.07 Å². The number of nitrogens with zero attached hydrogens (tertiary/aromatic N) is 2. The number of halogens is 2. The zero-order valence-corrected chi connectivity index (χ0v) is 16.9. The van der Waals surface area contributed by atoms with E-state index in [1.807, 2.05) is 6.07 Å². The lowest BCUT2D eigenvalue weighted by molar-refractivity contribution is -0.514. The van der Waals surface area contributed by atoms with Crippen LogP contribution in [0.2, 0.25) is 5.02 Å². The fourth-order valence-corrected chi connectivity index (χ4v) is 2.78. The van der Waals surface area contributed by atoms with E-state index in [0.29, 0.717) is 16.4 Å². The van der Waals surface area contributed by atoms with Gasteiger partial charge in [-0.05, 0) is 52.7 Å². The largest absolute Gasteiger partial charge is 0.366 e. The highest BCUT2D eigenvalue weighted by atomic mass is 79.9. The molecule has 142 valence electrons. The minimum absolute atomic E-state index is 0.00837. The normalized spacial score (nSPS) is 10.9. The number of hydrogen-bond acceptors (Lipinski definition) is 5. The summed E-state index contributed by atoms with van der Waals surface area (Å²) < 4.78 is -0.0485. The summed E-state index contributed by atoms with van der Waals surface area (Å²) in [6.07, 6.45) is 2.78. The maximum atomic E-state index is 12.8. The summed E-state index contributed by atoms with van der Waals surface area (Å²) in [5, 5.41) is 21.0. The minimum atomic E-state index is -0.786. The van der Waals surface area contributed by atoms with E-state index in [-0.39, 0.29) is 27.1 Å².